The van der Waals surface area contributed by atoms with Crippen LogP contribution in [-0.2, 0) is 13.0 Å². The lowest BCUT2D eigenvalue weighted by Crippen LogP contribution is -2.22. The maximum atomic E-state index is 12.6. The molecule has 160 valence electrons. The Bertz CT molecular complexity index is 1230. The van der Waals surface area contributed by atoms with Gasteiger partial charge in [-0.1, -0.05) is 6.07 Å². The van der Waals surface area contributed by atoms with E-state index >= 15 is 0 Å². The number of nitrogens with zero attached hydrogens (tertiary/aromatic N) is 2. The minimum atomic E-state index is -0.176. The van der Waals surface area contributed by atoms with Gasteiger partial charge in [0.05, 0.1) is 26.5 Å². The number of thiazole rings is 1. The van der Waals surface area contributed by atoms with Gasteiger partial charge < -0.3 is 19.2 Å². The number of hydrogen-bond acceptors (Lipinski definition) is 7. The molecule has 2 aromatic heterocycles. The summed E-state index contributed by atoms with van der Waals surface area (Å²) in [4.78, 5) is 22.7. The molecule has 4 aromatic rings. The van der Waals surface area contributed by atoms with Crippen LogP contribution < -0.4 is 14.8 Å². The molecule has 2 aromatic carbocycles. The molecule has 0 atom stereocenters. The Balaban J connectivity index is 1.48. The molecule has 0 aliphatic heterocycles. The van der Waals surface area contributed by atoms with Crippen LogP contribution in [-0.4, -0.2) is 30.1 Å². The minimum Gasteiger partial charge on any atom is -0.493 e. The molecule has 0 aliphatic rings. The molecule has 1 amide bonds. The van der Waals surface area contributed by atoms with Gasteiger partial charge in [0.15, 0.2) is 23.0 Å². The number of fused-ring (bicyclic) bond motifs is 1. The number of amides is 1. The summed E-state index contributed by atoms with van der Waals surface area (Å²) in [7, 11) is 3.20. The van der Waals surface area contributed by atoms with E-state index in [1.807, 2.05) is 32.0 Å². The third-order valence-electron chi connectivity index (χ3n) is 4.97. The molecule has 0 saturated heterocycles. The summed E-state index contributed by atoms with van der Waals surface area (Å²) in [6.07, 6.45) is 0.499. The minimum absolute atomic E-state index is 0.176. The highest BCUT2D eigenvalue weighted by atomic mass is 32.1. The van der Waals surface area contributed by atoms with Gasteiger partial charge in [-0.2, -0.15) is 0 Å². The van der Waals surface area contributed by atoms with Crippen LogP contribution in [0.15, 0.2) is 40.8 Å². The summed E-state index contributed by atoms with van der Waals surface area (Å²) >= 11 is 1.59. The maximum absolute atomic E-state index is 12.6. The molecule has 0 unspecified atom stereocenters. The van der Waals surface area contributed by atoms with Crippen LogP contribution in [0.3, 0.4) is 0 Å². The largest absolute Gasteiger partial charge is 0.493 e. The first-order chi connectivity index (χ1) is 15.0. The van der Waals surface area contributed by atoms with Gasteiger partial charge in [0.1, 0.15) is 10.5 Å². The SMILES string of the molecule is COc1ccc(Cc2nc3ccc(C(=O)NCc4nc(C)c(C)s4)cc3o2)cc1OC. The molecule has 31 heavy (non-hydrogen) atoms. The number of hydrogen-bond donors (Lipinski definition) is 1. The lowest BCUT2D eigenvalue weighted by atomic mass is 10.1. The molecule has 0 fully saturated rings. The van der Waals surface area contributed by atoms with Crippen molar-refractivity contribution in [3.63, 3.8) is 0 Å². The summed E-state index contributed by atoms with van der Waals surface area (Å²) in [5.74, 6) is 1.71. The number of methoxy groups -OCH3 is 2. The fourth-order valence-corrected chi connectivity index (χ4v) is 4.10. The molecule has 0 bridgehead atoms. The highest BCUT2D eigenvalue weighted by molar-refractivity contribution is 7.11. The van der Waals surface area contributed by atoms with Gasteiger partial charge in [-0.25, -0.2) is 9.97 Å². The van der Waals surface area contributed by atoms with Crippen LogP contribution in [0.1, 0.15) is 37.4 Å². The Morgan fingerprint density at radius 2 is 1.87 bits per heavy atom. The second-order valence-corrected chi connectivity index (χ2v) is 8.38. The van der Waals surface area contributed by atoms with Gasteiger partial charge in [0.25, 0.3) is 5.91 Å². The van der Waals surface area contributed by atoms with Crippen LogP contribution in [0.2, 0.25) is 0 Å². The quantitative estimate of drug-likeness (QED) is 0.460. The maximum Gasteiger partial charge on any atom is 0.251 e. The summed E-state index contributed by atoms with van der Waals surface area (Å²) < 4.78 is 16.5. The van der Waals surface area contributed by atoms with Crippen molar-refractivity contribution in [2.24, 2.45) is 0 Å². The highest BCUT2D eigenvalue weighted by Gasteiger charge is 2.13. The average molecular weight is 438 g/mol. The monoisotopic (exact) mass is 437 g/mol. The fraction of sp³-hybridized carbons (Fsp3) is 0.261. The van der Waals surface area contributed by atoms with E-state index in [4.69, 9.17) is 13.9 Å². The zero-order valence-electron chi connectivity index (χ0n) is 17.8. The molecular weight excluding hydrogens is 414 g/mol. The van der Waals surface area contributed by atoms with E-state index in [0.29, 0.717) is 47.0 Å². The summed E-state index contributed by atoms with van der Waals surface area (Å²) in [6.45, 7) is 4.39. The van der Waals surface area contributed by atoms with Crippen molar-refractivity contribution < 1.29 is 18.7 Å². The Labute approximate surface area is 184 Å². The molecule has 1 N–H and O–H groups in total. The first-order valence-corrected chi connectivity index (χ1v) is 10.6. The number of oxazole rings is 1. The first-order valence-electron chi connectivity index (χ1n) is 9.78. The van der Waals surface area contributed by atoms with Gasteiger partial charge >= 0.3 is 0 Å². The van der Waals surface area contributed by atoms with E-state index in [1.54, 1.807) is 43.8 Å². The Morgan fingerprint density at radius 3 is 2.58 bits per heavy atom. The number of rotatable bonds is 7. The standard InChI is InChI=1S/C23H23N3O4S/c1-13-14(2)31-22(25-13)12-24-23(27)16-6-7-17-19(11-16)30-21(26-17)10-15-5-8-18(28-3)20(9-15)29-4/h5-9,11H,10,12H2,1-4H3,(H,24,27). The van der Waals surface area contributed by atoms with Gasteiger partial charge in [0.2, 0.25) is 0 Å². The predicted octanol–water partition coefficient (Wildman–Crippen LogP) is 4.44. The van der Waals surface area contributed by atoms with Crippen molar-refractivity contribution in [1.29, 1.82) is 0 Å². The molecule has 0 aliphatic carbocycles. The molecule has 0 radical (unpaired) electrons. The fourth-order valence-electron chi connectivity index (χ4n) is 3.23. The summed E-state index contributed by atoms with van der Waals surface area (Å²) in [6, 6.07) is 11.0. The topological polar surface area (TPSA) is 86.5 Å². The van der Waals surface area contributed by atoms with E-state index in [9.17, 15) is 4.79 Å². The lowest BCUT2D eigenvalue weighted by molar-refractivity contribution is 0.0951. The third kappa shape index (κ3) is 4.54. The number of carbonyl (C=O) groups excluding carboxylic acids is 1. The second kappa shape index (κ2) is 8.77. The van der Waals surface area contributed by atoms with Crippen molar-refractivity contribution >= 4 is 28.3 Å². The van der Waals surface area contributed by atoms with E-state index in [0.717, 1.165) is 21.1 Å². The highest BCUT2D eigenvalue weighted by Crippen LogP contribution is 2.29. The normalized spacial score (nSPS) is 11.0. The Kier molecular flexibility index (Phi) is 5.90. The Morgan fingerprint density at radius 1 is 1.06 bits per heavy atom. The first kappa shape index (κ1) is 20.9. The molecule has 0 saturated carbocycles. The van der Waals surface area contributed by atoms with Crippen LogP contribution in [0.5, 0.6) is 11.5 Å². The summed E-state index contributed by atoms with van der Waals surface area (Å²) in [5, 5.41) is 3.80. The van der Waals surface area contributed by atoms with Crippen molar-refractivity contribution in [3.8, 4) is 11.5 Å². The van der Waals surface area contributed by atoms with Crippen LogP contribution in [0, 0.1) is 13.8 Å². The zero-order valence-corrected chi connectivity index (χ0v) is 18.6. The van der Waals surface area contributed by atoms with Crippen molar-refractivity contribution in [1.82, 2.24) is 15.3 Å². The van der Waals surface area contributed by atoms with Crippen LogP contribution >= 0.6 is 11.3 Å². The molecular formula is C23H23N3O4S. The van der Waals surface area contributed by atoms with Gasteiger partial charge in [-0.05, 0) is 49.7 Å². The van der Waals surface area contributed by atoms with Gasteiger partial charge in [-0.3, -0.25) is 4.79 Å². The Hall–Kier alpha value is -3.39. The van der Waals surface area contributed by atoms with Crippen LogP contribution in [0.4, 0.5) is 0 Å². The second-order valence-electron chi connectivity index (χ2n) is 7.09. The molecule has 0 spiro atoms. The number of nitrogens with one attached hydrogen (secondary N) is 1. The number of benzene rings is 2. The van der Waals surface area contributed by atoms with E-state index in [2.05, 4.69) is 15.3 Å². The smallest absolute Gasteiger partial charge is 0.251 e. The van der Waals surface area contributed by atoms with E-state index in [1.165, 1.54) is 0 Å². The molecule has 8 heteroatoms. The number of aromatic nitrogens is 2. The van der Waals surface area contributed by atoms with Gasteiger partial charge in [0, 0.05) is 16.9 Å². The van der Waals surface area contributed by atoms with Crippen molar-refractivity contribution in [3.05, 3.63) is 69.0 Å². The number of ether oxygens (including phenoxy) is 2. The third-order valence-corrected chi connectivity index (χ3v) is 6.04. The molecule has 4 rings (SSSR count). The predicted molar refractivity (Wildman–Crippen MR) is 119 cm³/mol. The molecule has 2 heterocycles. The average Bonchev–Trinajstić information content (AvgIpc) is 3.32. The number of aryl methyl sites for hydroxylation is 2. The van der Waals surface area contributed by atoms with Crippen LogP contribution in [0.25, 0.3) is 11.1 Å². The van der Waals surface area contributed by atoms with E-state index in [-0.39, 0.29) is 5.91 Å². The molecule has 7 nitrogen and oxygen atoms in total. The number of carbonyl (C=O) groups is 1. The zero-order chi connectivity index (χ0) is 22.0. The van der Waals surface area contributed by atoms with Gasteiger partial charge in [-0.15, -0.1) is 11.3 Å². The summed E-state index contributed by atoms with van der Waals surface area (Å²) in [5.41, 5.74) is 3.78. The lowest BCUT2D eigenvalue weighted by Gasteiger charge is -2.08. The van der Waals surface area contributed by atoms with Crippen molar-refractivity contribution in [2.45, 2.75) is 26.8 Å². The van der Waals surface area contributed by atoms with E-state index < -0.39 is 0 Å². The van der Waals surface area contributed by atoms with Crippen molar-refractivity contribution in [2.75, 3.05) is 14.2 Å².